The van der Waals surface area contributed by atoms with Gasteiger partial charge in [-0.3, -0.25) is 0 Å². The fourth-order valence-corrected chi connectivity index (χ4v) is 5.46. The van der Waals surface area contributed by atoms with Crippen molar-refractivity contribution in [3.63, 3.8) is 0 Å². The predicted molar refractivity (Wildman–Crippen MR) is 83.8 cm³/mol. The standard InChI is InChI=1S/C19H32F2/c20-14-19(21)12-10-18(11-13-19)17-8-6-16(7-9-17)15-4-2-1-3-5-15/h15-18H,1-14H2. The molecule has 21 heavy (non-hydrogen) atoms. The van der Waals surface area contributed by atoms with Crippen LogP contribution in [0.25, 0.3) is 0 Å². The summed E-state index contributed by atoms with van der Waals surface area (Å²) < 4.78 is 26.7. The summed E-state index contributed by atoms with van der Waals surface area (Å²) in [6, 6.07) is 0. The van der Waals surface area contributed by atoms with Crippen molar-refractivity contribution in [2.75, 3.05) is 6.67 Å². The van der Waals surface area contributed by atoms with Gasteiger partial charge in [-0.05, 0) is 75.0 Å². The first-order valence-electron chi connectivity index (χ1n) is 9.45. The summed E-state index contributed by atoms with van der Waals surface area (Å²) in [6.45, 7) is -0.770. The van der Waals surface area contributed by atoms with Crippen molar-refractivity contribution in [3.8, 4) is 0 Å². The van der Waals surface area contributed by atoms with Gasteiger partial charge in [0.25, 0.3) is 0 Å². The summed E-state index contributed by atoms with van der Waals surface area (Å²) in [5.74, 6) is 3.49. The molecule has 0 nitrogen and oxygen atoms in total. The first kappa shape index (κ1) is 15.7. The molecule has 0 spiro atoms. The highest BCUT2D eigenvalue weighted by Gasteiger charge is 2.39. The molecular formula is C19H32F2. The highest BCUT2D eigenvalue weighted by Crippen LogP contribution is 2.46. The van der Waals surface area contributed by atoms with Crippen molar-refractivity contribution in [2.24, 2.45) is 23.7 Å². The van der Waals surface area contributed by atoms with E-state index in [-0.39, 0.29) is 0 Å². The minimum Gasteiger partial charge on any atom is -0.248 e. The Labute approximate surface area is 129 Å². The second kappa shape index (κ2) is 6.96. The van der Waals surface area contributed by atoms with Gasteiger partial charge in [-0.25, -0.2) is 8.78 Å². The number of hydrogen-bond acceptors (Lipinski definition) is 0. The molecule has 3 aliphatic carbocycles. The van der Waals surface area contributed by atoms with E-state index >= 15 is 0 Å². The summed E-state index contributed by atoms with van der Waals surface area (Å²) in [7, 11) is 0. The van der Waals surface area contributed by atoms with Gasteiger partial charge in [0, 0.05) is 0 Å². The molecule has 0 aromatic rings. The van der Waals surface area contributed by atoms with Crippen molar-refractivity contribution in [1.82, 2.24) is 0 Å². The van der Waals surface area contributed by atoms with Gasteiger partial charge in [0.1, 0.15) is 12.3 Å². The number of halogens is 2. The summed E-state index contributed by atoms with van der Waals surface area (Å²) in [6.07, 6.45) is 15.6. The van der Waals surface area contributed by atoms with E-state index in [2.05, 4.69) is 0 Å². The van der Waals surface area contributed by atoms with Gasteiger partial charge in [0.2, 0.25) is 0 Å². The molecule has 0 N–H and O–H groups in total. The van der Waals surface area contributed by atoms with Crippen LogP contribution in [0.2, 0.25) is 0 Å². The lowest BCUT2D eigenvalue weighted by atomic mass is 9.65. The zero-order valence-electron chi connectivity index (χ0n) is 13.5. The molecule has 3 rings (SSSR count). The van der Waals surface area contributed by atoms with Crippen molar-refractivity contribution >= 4 is 0 Å². The van der Waals surface area contributed by atoms with Gasteiger partial charge in [0.15, 0.2) is 0 Å². The second-order valence-electron chi connectivity index (χ2n) is 8.19. The molecule has 0 aliphatic heterocycles. The SMILES string of the molecule is FCC1(F)CCC(C2CCC(C3CCCCC3)CC2)CC1. The Morgan fingerprint density at radius 1 is 0.619 bits per heavy atom. The summed E-state index contributed by atoms with van der Waals surface area (Å²) in [5.41, 5.74) is -1.48. The Morgan fingerprint density at radius 3 is 1.52 bits per heavy atom. The normalized spacial score (nSPS) is 42.9. The first-order chi connectivity index (χ1) is 10.2. The molecule has 0 amide bonds. The van der Waals surface area contributed by atoms with Crippen molar-refractivity contribution in [1.29, 1.82) is 0 Å². The molecule has 0 radical (unpaired) electrons. The Hall–Kier alpha value is -0.140. The molecular weight excluding hydrogens is 266 g/mol. The average molecular weight is 298 g/mol. The average Bonchev–Trinajstić information content (AvgIpc) is 2.57. The Morgan fingerprint density at radius 2 is 1.05 bits per heavy atom. The monoisotopic (exact) mass is 298 g/mol. The van der Waals surface area contributed by atoms with Crippen LogP contribution < -0.4 is 0 Å². The third kappa shape index (κ3) is 3.79. The molecule has 2 heteroatoms. The van der Waals surface area contributed by atoms with Gasteiger partial charge < -0.3 is 0 Å². The molecule has 0 atom stereocenters. The van der Waals surface area contributed by atoms with Crippen molar-refractivity contribution in [3.05, 3.63) is 0 Å². The lowest BCUT2D eigenvalue weighted by Gasteiger charge is -2.41. The van der Waals surface area contributed by atoms with Crippen LogP contribution in [0, 0.1) is 23.7 Å². The molecule has 0 heterocycles. The molecule has 122 valence electrons. The van der Waals surface area contributed by atoms with Crippen LogP contribution in [0.3, 0.4) is 0 Å². The maximum Gasteiger partial charge on any atom is 0.139 e. The zero-order valence-corrected chi connectivity index (χ0v) is 13.5. The second-order valence-corrected chi connectivity index (χ2v) is 8.19. The smallest absolute Gasteiger partial charge is 0.139 e. The minimum atomic E-state index is -1.48. The van der Waals surface area contributed by atoms with Crippen LogP contribution in [-0.4, -0.2) is 12.3 Å². The van der Waals surface area contributed by atoms with Crippen LogP contribution in [0.15, 0.2) is 0 Å². The first-order valence-corrected chi connectivity index (χ1v) is 9.45. The highest BCUT2D eigenvalue weighted by molar-refractivity contribution is 4.90. The topological polar surface area (TPSA) is 0 Å². The fraction of sp³-hybridized carbons (Fsp3) is 1.00. The quantitative estimate of drug-likeness (QED) is 0.578. The molecule has 3 fully saturated rings. The number of rotatable bonds is 3. The lowest BCUT2D eigenvalue weighted by molar-refractivity contribution is 0.0313. The van der Waals surface area contributed by atoms with Crippen LogP contribution in [0.4, 0.5) is 8.78 Å². The Bertz CT molecular complexity index is 306. The van der Waals surface area contributed by atoms with Crippen LogP contribution in [0.1, 0.15) is 83.5 Å². The minimum absolute atomic E-state index is 0.469. The van der Waals surface area contributed by atoms with E-state index in [1.54, 1.807) is 0 Å². The van der Waals surface area contributed by atoms with E-state index in [0.29, 0.717) is 18.8 Å². The van der Waals surface area contributed by atoms with E-state index < -0.39 is 12.3 Å². The summed E-state index contributed by atoms with van der Waals surface area (Å²) >= 11 is 0. The van der Waals surface area contributed by atoms with Crippen LogP contribution in [0.5, 0.6) is 0 Å². The van der Waals surface area contributed by atoms with Gasteiger partial charge in [-0.1, -0.05) is 32.1 Å². The maximum absolute atomic E-state index is 14.0. The van der Waals surface area contributed by atoms with Gasteiger partial charge >= 0.3 is 0 Å². The van der Waals surface area contributed by atoms with Gasteiger partial charge in [-0.15, -0.1) is 0 Å². The number of hydrogen-bond donors (Lipinski definition) is 0. The molecule has 0 bridgehead atoms. The van der Waals surface area contributed by atoms with Gasteiger partial charge in [-0.2, -0.15) is 0 Å². The summed E-state index contributed by atoms with van der Waals surface area (Å²) in [5, 5.41) is 0. The van der Waals surface area contributed by atoms with E-state index in [4.69, 9.17) is 0 Å². The van der Waals surface area contributed by atoms with E-state index in [9.17, 15) is 8.78 Å². The zero-order chi connectivity index (χ0) is 14.7. The summed E-state index contributed by atoms with van der Waals surface area (Å²) in [4.78, 5) is 0. The maximum atomic E-state index is 14.0. The van der Waals surface area contributed by atoms with Gasteiger partial charge in [0.05, 0.1) is 0 Å². The molecule has 0 aromatic heterocycles. The fourth-order valence-electron chi connectivity index (χ4n) is 5.46. The molecule has 3 aliphatic rings. The van der Waals surface area contributed by atoms with Crippen LogP contribution >= 0.6 is 0 Å². The largest absolute Gasteiger partial charge is 0.248 e. The lowest BCUT2D eigenvalue weighted by Crippen LogP contribution is -2.35. The van der Waals surface area contributed by atoms with E-state index in [0.717, 1.165) is 30.6 Å². The Balaban J connectivity index is 1.43. The number of alkyl halides is 2. The van der Waals surface area contributed by atoms with Crippen molar-refractivity contribution < 1.29 is 8.78 Å². The third-order valence-electron chi connectivity index (χ3n) is 6.97. The third-order valence-corrected chi connectivity index (χ3v) is 6.97. The predicted octanol–water partition coefficient (Wildman–Crippen LogP) is 6.24. The molecule has 0 saturated heterocycles. The highest BCUT2D eigenvalue weighted by atomic mass is 19.2. The van der Waals surface area contributed by atoms with E-state index in [1.165, 1.54) is 57.8 Å². The van der Waals surface area contributed by atoms with E-state index in [1.807, 2.05) is 0 Å². The molecule has 0 unspecified atom stereocenters. The molecule has 0 aromatic carbocycles. The van der Waals surface area contributed by atoms with Crippen molar-refractivity contribution in [2.45, 2.75) is 89.1 Å². The van der Waals surface area contributed by atoms with Crippen LogP contribution in [-0.2, 0) is 0 Å². The Kier molecular flexibility index (Phi) is 5.22. The molecule has 3 saturated carbocycles.